The summed E-state index contributed by atoms with van der Waals surface area (Å²) in [6, 6.07) is 0.664. The van der Waals surface area contributed by atoms with Crippen LogP contribution >= 0.6 is 0 Å². The number of hydrogen-bond acceptors (Lipinski definition) is 2. The molecule has 2 saturated carbocycles. The van der Waals surface area contributed by atoms with E-state index in [0.717, 1.165) is 0 Å². The molecule has 0 heterocycles. The number of hydrogen-bond donors (Lipinski definition) is 2. The topological polar surface area (TPSA) is 32.3 Å². The van der Waals surface area contributed by atoms with Gasteiger partial charge in [-0.3, -0.25) is 0 Å². The maximum Gasteiger partial charge on any atom is 0.0616 e. The fraction of sp³-hybridized carbons (Fsp3) is 1.00. The second-order valence-electron chi connectivity index (χ2n) is 6.14. The molecule has 100 valence electrons. The number of nitrogens with one attached hydrogen (secondary N) is 1. The Morgan fingerprint density at radius 1 is 1.06 bits per heavy atom. The lowest BCUT2D eigenvalue weighted by atomic mass is 9.84. The molecule has 0 spiro atoms. The van der Waals surface area contributed by atoms with Crippen LogP contribution in [-0.4, -0.2) is 23.3 Å². The van der Waals surface area contributed by atoms with Crippen LogP contribution in [0.2, 0.25) is 0 Å². The molecule has 2 fully saturated rings. The second kappa shape index (κ2) is 6.19. The van der Waals surface area contributed by atoms with Crippen molar-refractivity contribution in [2.24, 2.45) is 5.92 Å². The minimum atomic E-state index is 0.0593. The maximum absolute atomic E-state index is 9.86. The minimum Gasteiger partial charge on any atom is -0.394 e. The Hall–Kier alpha value is -0.0800. The first-order valence-electron chi connectivity index (χ1n) is 7.69. The fourth-order valence-electron chi connectivity index (χ4n) is 4.01. The summed E-state index contributed by atoms with van der Waals surface area (Å²) in [6.45, 7) is 2.61. The molecule has 0 aliphatic heterocycles. The summed E-state index contributed by atoms with van der Waals surface area (Å²) in [6.07, 6.45) is 13.2. The molecule has 2 heteroatoms. The summed E-state index contributed by atoms with van der Waals surface area (Å²) in [4.78, 5) is 0. The Morgan fingerprint density at radius 3 is 2.35 bits per heavy atom. The van der Waals surface area contributed by atoms with E-state index in [4.69, 9.17) is 0 Å². The van der Waals surface area contributed by atoms with Crippen molar-refractivity contribution in [2.45, 2.75) is 82.7 Å². The van der Waals surface area contributed by atoms with Gasteiger partial charge in [0.2, 0.25) is 0 Å². The summed E-state index contributed by atoms with van der Waals surface area (Å²) in [5.41, 5.74) is 0.0593. The summed E-state index contributed by atoms with van der Waals surface area (Å²) >= 11 is 0. The fourth-order valence-corrected chi connectivity index (χ4v) is 4.01. The molecular formula is C15H29NO. The van der Waals surface area contributed by atoms with E-state index in [1.807, 2.05) is 0 Å². The van der Waals surface area contributed by atoms with Crippen LogP contribution in [0.1, 0.15) is 71.1 Å². The highest BCUT2D eigenvalue weighted by atomic mass is 16.3. The third-order valence-electron chi connectivity index (χ3n) is 5.08. The van der Waals surface area contributed by atoms with Crippen molar-refractivity contribution in [3.63, 3.8) is 0 Å². The maximum atomic E-state index is 9.86. The van der Waals surface area contributed by atoms with Gasteiger partial charge in [0.1, 0.15) is 0 Å². The van der Waals surface area contributed by atoms with Gasteiger partial charge in [0.05, 0.1) is 6.61 Å². The van der Waals surface area contributed by atoms with Crippen LogP contribution in [0.3, 0.4) is 0 Å². The van der Waals surface area contributed by atoms with E-state index < -0.39 is 0 Å². The molecule has 2 aliphatic carbocycles. The van der Waals surface area contributed by atoms with E-state index >= 15 is 0 Å². The van der Waals surface area contributed by atoms with Gasteiger partial charge in [-0.2, -0.15) is 0 Å². The molecule has 2 N–H and O–H groups in total. The zero-order valence-electron chi connectivity index (χ0n) is 11.4. The van der Waals surface area contributed by atoms with E-state index in [1.165, 1.54) is 64.2 Å². The quantitative estimate of drug-likeness (QED) is 0.738. The first kappa shape index (κ1) is 13.4. The van der Waals surface area contributed by atoms with Gasteiger partial charge in [0, 0.05) is 11.6 Å². The molecule has 2 nitrogen and oxygen atoms in total. The minimum absolute atomic E-state index is 0.0593. The summed E-state index contributed by atoms with van der Waals surface area (Å²) in [7, 11) is 0. The zero-order chi connectivity index (χ0) is 12.1. The second-order valence-corrected chi connectivity index (χ2v) is 6.14. The van der Waals surface area contributed by atoms with Crippen molar-refractivity contribution in [2.75, 3.05) is 6.61 Å². The predicted molar refractivity (Wildman–Crippen MR) is 72.1 cm³/mol. The standard InChI is InChI=1S/C15H29NO/c1-2-13-8-7-11-15(13,12-17)16-14-9-5-3-4-6-10-14/h13-14,16-17H,2-12H2,1H3. The molecule has 17 heavy (non-hydrogen) atoms. The molecule has 2 atom stereocenters. The van der Waals surface area contributed by atoms with Crippen molar-refractivity contribution in [3.8, 4) is 0 Å². The highest BCUT2D eigenvalue weighted by molar-refractivity contribution is 5.00. The van der Waals surface area contributed by atoms with Gasteiger partial charge in [-0.25, -0.2) is 0 Å². The van der Waals surface area contributed by atoms with Crippen molar-refractivity contribution in [1.82, 2.24) is 5.32 Å². The van der Waals surface area contributed by atoms with Gasteiger partial charge >= 0.3 is 0 Å². The van der Waals surface area contributed by atoms with Crippen LogP contribution in [0.25, 0.3) is 0 Å². The smallest absolute Gasteiger partial charge is 0.0616 e. The van der Waals surface area contributed by atoms with Crippen LogP contribution in [0.4, 0.5) is 0 Å². The van der Waals surface area contributed by atoms with E-state index in [0.29, 0.717) is 18.6 Å². The van der Waals surface area contributed by atoms with Gasteiger partial charge in [-0.05, 0) is 31.6 Å². The Labute approximate surface area is 106 Å². The van der Waals surface area contributed by atoms with E-state index in [1.54, 1.807) is 0 Å². The van der Waals surface area contributed by atoms with Gasteiger partial charge in [0.15, 0.2) is 0 Å². The van der Waals surface area contributed by atoms with Crippen LogP contribution in [0, 0.1) is 5.92 Å². The molecule has 0 amide bonds. The molecule has 0 bridgehead atoms. The third kappa shape index (κ3) is 3.03. The van der Waals surface area contributed by atoms with E-state index in [9.17, 15) is 5.11 Å². The summed E-state index contributed by atoms with van der Waals surface area (Å²) < 4.78 is 0. The summed E-state index contributed by atoms with van der Waals surface area (Å²) in [5, 5.41) is 13.7. The van der Waals surface area contributed by atoms with Gasteiger partial charge in [0.25, 0.3) is 0 Å². The molecular weight excluding hydrogens is 210 g/mol. The molecule has 0 aromatic heterocycles. The number of aliphatic hydroxyl groups excluding tert-OH is 1. The van der Waals surface area contributed by atoms with Crippen molar-refractivity contribution in [3.05, 3.63) is 0 Å². The number of aliphatic hydroxyl groups is 1. The van der Waals surface area contributed by atoms with Crippen LogP contribution in [0.5, 0.6) is 0 Å². The van der Waals surface area contributed by atoms with Crippen LogP contribution < -0.4 is 5.32 Å². The van der Waals surface area contributed by atoms with E-state index in [-0.39, 0.29) is 5.54 Å². The lowest BCUT2D eigenvalue weighted by Crippen LogP contribution is -2.55. The first-order valence-corrected chi connectivity index (χ1v) is 7.69. The summed E-state index contributed by atoms with van der Waals surface area (Å²) in [5.74, 6) is 0.691. The normalized spacial score (nSPS) is 36.0. The molecule has 0 aromatic rings. The van der Waals surface area contributed by atoms with Crippen molar-refractivity contribution >= 4 is 0 Å². The monoisotopic (exact) mass is 239 g/mol. The lowest BCUT2D eigenvalue weighted by molar-refractivity contribution is 0.105. The average Bonchev–Trinajstić information content (AvgIpc) is 2.58. The Balaban J connectivity index is 1.97. The molecule has 0 saturated heterocycles. The van der Waals surface area contributed by atoms with Crippen LogP contribution in [-0.2, 0) is 0 Å². The molecule has 2 unspecified atom stereocenters. The average molecular weight is 239 g/mol. The predicted octanol–water partition coefficient (Wildman–Crippen LogP) is 3.24. The Kier molecular flexibility index (Phi) is 4.87. The Bertz CT molecular complexity index is 223. The van der Waals surface area contributed by atoms with E-state index in [2.05, 4.69) is 12.2 Å². The van der Waals surface area contributed by atoms with Crippen LogP contribution in [0.15, 0.2) is 0 Å². The number of rotatable bonds is 4. The zero-order valence-corrected chi connectivity index (χ0v) is 11.4. The largest absolute Gasteiger partial charge is 0.394 e. The highest BCUT2D eigenvalue weighted by Gasteiger charge is 2.42. The first-order chi connectivity index (χ1) is 8.30. The lowest BCUT2D eigenvalue weighted by Gasteiger charge is -2.38. The van der Waals surface area contributed by atoms with Crippen molar-refractivity contribution < 1.29 is 5.11 Å². The molecule has 2 aliphatic rings. The Morgan fingerprint density at radius 2 is 1.76 bits per heavy atom. The highest BCUT2D eigenvalue weighted by Crippen LogP contribution is 2.38. The van der Waals surface area contributed by atoms with Crippen molar-refractivity contribution in [1.29, 1.82) is 0 Å². The molecule has 0 aromatic carbocycles. The SMILES string of the molecule is CCC1CCCC1(CO)NC1CCCCCC1. The van der Waals surface area contributed by atoms with Gasteiger partial charge in [-0.15, -0.1) is 0 Å². The molecule has 2 rings (SSSR count). The van der Waals surface area contributed by atoms with Gasteiger partial charge < -0.3 is 10.4 Å². The third-order valence-corrected chi connectivity index (χ3v) is 5.08. The van der Waals surface area contributed by atoms with Gasteiger partial charge in [-0.1, -0.05) is 45.4 Å². The molecule has 0 radical (unpaired) electrons.